The Labute approximate surface area is 191 Å². The van der Waals surface area contributed by atoms with Crippen molar-refractivity contribution in [1.82, 2.24) is 0 Å². The van der Waals surface area contributed by atoms with E-state index in [1.54, 1.807) is 12.1 Å². The first-order valence-electron chi connectivity index (χ1n) is 11.0. The van der Waals surface area contributed by atoms with Gasteiger partial charge in [-0.3, -0.25) is 14.2 Å². The summed E-state index contributed by atoms with van der Waals surface area (Å²) in [6.07, 6.45) is 3.29. The molecule has 0 aromatic heterocycles. The van der Waals surface area contributed by atoms with E-state index in [2.05, 4.69) is 0 Å². The minimum atomic E-state index is -2.52. The number of hydrogen-bond donors (Lipinski definition) is 0. The molecule has 0 aliphatic heterocycles. The Morgan fingerprint density at radius 3 is 1.72 bits per heavy atom. The summed E-state index contributed by atoms with van der Waals surface area (Å²) in [6, 6.07) is 7.39. The Kier molecular flexibility index (Phi) is 7.19. The highest BCUT2D eigenvalue weighted by Gasteiger charge is 2.50. The number of carbonyl (C=O) groups excluding carboxylic acids is 2. The minimum Gasteiger partial charge on any atom is -0.496 e. The van der Waals surface area contributed by atoms with Gasteiger partial charge in [-0.25, -0.2) is 0 Å². The van der Waals surface area contributed by atoms with E-state index in [9.17, 15) is 14.2 Å². The lowest BCUT2D eigenvalue weighted by Crippen LogP contribution is -2.39. The molecule has 1 radical (unpaired) electrons. The van der Waals surface area contributed by atoms with Gasteiger partial charge in [0, 0.05) is 5.56 Å². The molecule has 6 heteroatoms. The number of benzene rings is 2. The Hall–Kier alpha value is -2.52. The van der Waals surface area contributed by atoms with E-state index in [0.29, 0.717) is 29.9 Å². The van der Waals surface area contributed by atoms with Crippen LogP contribution in [-0.2, 0) is 4.57 Å². The molecule has 1 unspecified atom stereocenters. The Morgan fingerprint density at radius 1 is 0.781 bits per heavy atom. The highest BCUT2D eigenvalue weighted by atomic mass is 31.1. The van der Waals surface area contributed by atoms with Crippen LogP contribution in [0.3, 0.4) is 0 Å². The highest BCUT2D eigenvalue weighted by Crippen LogP contribution is 2.54. The van der Waals surface area contributed by atoms with Crippen LogP contribution in [0.25, 0.3) is 0 Å². The molecule has 5 nitrogen and oxygen atoms in total. The zero-order valence-corrected chi connectivity index (χ0v) is 20.7. The standard InChI is InChI=1S/C26H32O5P/c1-16-12-18(3)22(19(4)13-16)25(28)32(29)26(10-8-7-9-11-26)24(27)23-20(30-5)14-17(2)15-21(23)31-6/h12-15H,7-11H2,1-6H3. The summed E-state index contributed by atoms with van der Waals surface area (Å²) in [6.45, 7) is 7.58. The third-order valence-electron chi connectivity index (χ3n) is 6.44. The summed E-state index contributed by atoms with van der Waals surface area (Å²) in [7, 11) is 0.488. The van der Waals surface area contributed by atoms with Crippen LogP contribution in [0.4, 0.5) is 0 Å². The number of hydrogen-bond acceptors (Lipinski definition) is 5. The average Bonchev–Trinajstić information content (AvgIpc) is 2.76. The molecule has 171 valence electrons. The van der Waals surface area contributed by atoms with Crippen molar-refractivity contribution >= 4 is 19.1 Å². The monoisotopic (exact) mass is 455 g/mol. The van der Waals surface area contributed by atoms with Gasteiger partial charge in [0.15, 0.2) is 13.6 Å². The van der Waals surface area contributed by atoms with Gasteiger partial charge in [0.05, 0.1) is 14.2 Å². The molecule has 1 atom stereocenters. The lowest BCUT2D eigenvalue weighted by molar-refractivity contribution is 0.0897. The second kappa shape index (κ2) is 9.54. The number of Topliss-reactive ketones (excluding diaryl/α,β-unsaturated/α-hetero) is 1. The summed E-state index contributed by atoms with van der Waals surface area (Å²) in [4.78, 5) is 27.7. The van der Waals surface area contributed by atoms with E-state index in [1.165, 1.54) is 14.2 Å². The minimum absolute atomic E-state index is 0.274. The largest absolute Gasteiger partial charge is 0.496 e. The van der Waals surface area contributed by atoms with Crippen LogP contribution in [0.1, 0.15) is 75.1 Å². The van der Waals surface area contributed by atoms with E-state index in [-0.39, 0.29) is 11.3 Å². The second-order valence-electron chi connectivity index (χ2n) is 8.84. The number of rotatable bonds is 7. The number of aryl methyl sites for hydroxylation is 4. The summed E-state index contributed by atoms with van der Waals surface area (Å²) in [5.41, 5.74) is 3.83. The van der Waals surface area contributed by atoms with Crippen molar-refractivity contribution in [3.05, 3.63) is 57.6 Å². The van der Waals surface area contributed by atoms with Crippen LogP contribution in [0.5, 0.6) is 11.5 Å². The fraction of sp³-hybridized carbons (Fsp3) is 0.462. The van der Waals surface area contributed by atoms with Gasteiger partial charge in [0.2, 0.25) is 5.52 Å². The van der Waals surface area contributed by atoms with Crippen molar-refractivity contribution in [2.75, 3.05) is 14.2 Å². The van der Waals surface area contributed by atoms with Crippen LogP contribution in [0.2, 0.25) is 0 Å². The van der Waals surface area contributed by atoms with Gasteiger partial charge in [-0.2, -0.15) is 0 Å². The smallest absolute Gasteiger partial charge is 0.243 e. The molecule has 2 aromatic carbocycles. The molecule has 1 aliphatic rings. The molecule has 0 amide bonds. The molecule has 1 aliphatic carbocycles. The van der Waals surface area contributed by atoms with Gasteiger partial charge in [-0.15, -0.1) is 0 Å². The van der Waals surface area contributed by atoms with Gasteiger partial charge < -0.3 is 9.47 Å². The molecule has 1 saturated carbocycles. The van der Waals surface area contributed by atoms with E-state index in [1.807, 2.05) is 39.8 Å². The molecule has 2 aromatic rings. The summed E-state index contributed by atoms with van der Waals surface area (Å²) in [5, 5.41) is -1.26. The van der Waals surface area contributed by atoms with Crippen LogP contribution >= 0.6 is 7.80 Å². The second-order valence-corrected chi connectivity index (χ2v) is 10.7. The normalized spacial score (nSPS) is 15.8. The van der Waals surface area contributed by atoms with Crippen molar-refractivity contribution in [2.45, 2.75) is 65.0 Å². The summed E-state index contributed by atoms with van der Waals surface area (Å²) >= 11 is 0. The molecule has 32 heavy (non-hydrogen) atoms. The van der Waals surface area contributed by atoms with E-state index < -0.39 is 18.5 Å². The molecular weight excluding hydrogens is 423 g/mol. The third-order valence-corrected chi connectivity index (χ3v) is 8.47. The van der Waals surface area contributed by atoms with Crippen LogP contribution in [0.15, 0.2) is 24.3 Å². The van der Waals surface area contributed by atoms with Crippen LogP contribution in [-0.4, -0.2) is 30.7 Å². The maximum atomic E-state index is 14.1. The first kappa shape index (κ1) is 24.1. The zero-order valence-electron chi connectivity index (χ0n) is 19.8. The Morgan fingerprint density at radius 2 is 1.25 bits per heavy atom. The average molecular weight is 456 g/mol. The van der Waals surface area contributed by atoms with Crippen LogP contribution < -0.4 is 9.47 Å². The fourth-order valence-corrected chi connectivity index (χ4v) is 6.93. The van der Waals surface area contributed by atoms with Gasteiger partial charge >= 0.3 is 0 Å². The number of methoxy groups -OCH3 is 2. The first-order chi connectivity index (χ1) is 15.2. The predicted molar refractivity (Wildman–Crippen MR) is 127 cm³/mol. The van der Waals surface area contributed by atoms with Crippen molar-refractivity contribution in [1.29, 1.82) is 0 Å². The molecule has 1 fully saturated rings. The third kappa shape index (κ3) is 4.23. The van der Waals surface area contributed by atoms with E-state index in [0.717, 1.165) is 41.5 Å². The van der Waals surface area contributed by atoms with Crippen LogP contribution in [0, 0.1) is 27.7 Å². The number of carbonyl (C=O) groups is 2. The Balaban J connectivity index is 2.16. The van der Waals surface area contributed by atoms with Crippen molar-refractivity contribution in [2.24, 2.45) is 0 Å². The maximum Gasteiger partial charge on any atom is 0.243 e. The zero-order chi connectivity index (χ0) is 23.6. The molecule has 0 spiro atoms. The lowest BCUT2D eigenvalue weighted by atomic mass is 9.82. The predicted octanol–water partition coefficient (Wildman–Crippen LogP) is 6.49. The van der Waals surface area contributed by atoms with Gasteiger partial charge in [0.25, 0.3) is 0 Å². The topological polar surface area (TPSA) is 69.7 Å². The first-order valence-corrected chi connectivity index (χ1v) is 12.3. The molecule has 0 N–H and O–H groups in total. The molecule has 0 bridgehead atoms. The lowest BCUT2D eigenvalue weighted by Gasteiger charge is -2.35. The molecule has 0 heterocycles. The van der Waals surface area contributed by atoms with Gasteiger partial charge in [-0.1, -0.05) is 37.0 Å². The van der Waals surface area contributed by atoms with Crippen molar-refractivity contribution in [3.63, 3.8) is 0 Å². The van der Waals surface area contributed by atoms with Crippen molar-refractivity contribution < 1.29 is 23.6 Å². The Bertz CT molecular complexity index is 1030. The van der Waals surface area contributed by atoms with Gasteiger partial charge in [-0.05, 0) is 69.4 Å². The SMILES string of the molecule is COc1cc(C)cc(OC)c1C(=O)C1([P](=O)C(=O)c2c(C)cc(C)cc2C)CCCCC1. The molecule has 3 rings (SSSR count). The molecular formula is C26H32O5P. The molecule has 0 saturated heterocycles. The summed E-state index contributed by atoms with van der Waals surface area (Å²) < 4.78 is 25.0. The van der Waals surface area contributed by atoms with E-state index >= 15 is 0 Å². The number of ketones is 1. The van der Waals surface area contributed by atoms with Gasteiger partial charge in [0.1, 0.15) is 22.2 Å². The van der Waals surface area contributed by atoms with Crippen molar-refractivity contribution in [3.8, 4) is 11.5 Å². The number of ether oxygens (including phenoxy) is 2. The quantitative estimate of drug-likeness (QED) is 0.352. The highest BCUT2D eigenvalue weighted by molar-refractivity contribution is 7.67. The maximum absolute atomic E-state index is 14.1. The fourth-order valence-electron chi connectivity index (χ4n) is 4.97. The summed E-state index contributed by atoms with van der Waals surface area (Å²) in [5.74, 6) is 0.452. The van der Waals surface area contributed by atoms with E-state index in [4.69, 9.17) is 9.47 Å².